The van der Waals surface area contributed by atoms with Crippen LogP contribution in [0.4, 0.5) is 0 Å². The third-order valence-electron chi connectivity index (χ3n) is 2.81. The molecule has 0 aliphatic rings. The van der Waals surface area contributed by atoms with Crippen LogP contribution in [0.2, 0.25) is 0 Å². The van der Waals surface area contributed by atoms with Gasteiger partial charge in [0.25, 0.3) is 0 Å². The number of hydrogen-bond donors (Lipinski definition) is 2. The van der Waals surface area contributed by atoms with Crippen molar-refractivity contribution in [3.63, 3.8) is 0 Å². The molecular weight excluding hydrogens is 254 g/mol. The van der Waals surface area contributed by atoms with Gasteiger partial charge < -0.3 is 20.1 Å². The number of benzene rings is 1. The van der Waals surface area contributed by atoms with Crippen LogP contribution in [0.25, 0.3) is 0 Å². The van der Waals surface area contributed by atoms with E-state index in [-0.39, 0.29) is 0 Å². The van der Waals surface area contributed by atoms with Gasteiger partial charge in [-0.25, -0.2) is 0 Å². The molecule has 5 heteroatoms. The highest BCUT2D eigenvalue weighted by molar-refractivity contribution is 5.79. The molecule has 0 atom stereocenters. The average molecular weight is 277 g/mol. The number of nitrogens with one attached hydrogen (secondary N) is 2. The van der Waals surface area contributed by atoms with Gasteiger partial charge in [0.15, 0.2) is 5.96 Å². The Morgan fingerprint density at radius 3 is 2.70 bits per heavy atom. The normalized spacial score (nSPS) is 10.8. The lowest BCUT2D eigenvalue weighted by atomic mass is 10.1. The Balaban J connectivity index is 2.58. The molecule has 0 fully saturated rings. The molecule has 0 aromatic heterocycles. The minimum atomic E-state index is 0.683. The van der Waals surface area contributed by atoms with Gasteiger partial charge in [0, 0.05) is 20.1 Å². The largest absolute Gasteiger partial charge is 0.497 e. The van der Waals surface area contributed by atoms with E-state index >= 15 is 0 Å². The first-order chi connectivity index (χ1) is 9.74. The molecule has 0 spiro atoms. The summed E-state index contributed by atoms with van der Waals surface area (Å²) in [6.07, 6.45) is 2.60. The lowest BCUT2D eigenvalue weighted by Gasteiger charge is -2.13. The maximum Gasteiger partial charge on any atom is 0.191 e. The molecule has 0 amide bonds. The summed E-state index contributed by atoms with van der Waals surface area (Å²) < 4.78 is 10.6. The van der Waals surface area contributed by atoms with Crippen LogP contribution in [0.1, 0.15) is 5.56 Å². The zero-order valence-electron chi connectivity index (χ0n) is 12.4. The van der Waals surface area contributed by atoms with Crippen molar-refractivity contribution >= 4 is 5.96 Å². The second kappa shape index (κ2) is 8.85. The fourth-order valence-electron chi connectivity index (χ4n) is 1.78. The monoisotopic (exact) mass is 277 g/mol. The molecule has 2 N–H and O–H groups in total. The maximum atomic E-state index is 5.35. The Bertz CT molecular complexity index is 458. The summed E-state index contributed by atoms with van der Waals surface area (Å²) in [4.78, 5) is 4.12. The molecule has 0 heterocycles. The number of nitrogens with zero attached hydrogens (tertiary/aromatic N) is 1. The van der Waals surface area contributed by atoms with Gasteiger partial charge in [-0.15, -0.1) is 6.58 Å². The van der Waals surface area contributed by atoms with Crippen molar-refractivity contribution < 1.29 is 9.47 Å². The van der Waals surface area contributed by atoms with E-state index in [9.17, 15) is 0 Å². The first-order valence-corrected chi connectivity index (χ1v) is 6.51. The van der Waals surface area contributed by atoms with E-state index in [2.05, 4.69) is 22.2 Å². The molecule has 0 unspecified atom stereocenters. The summed E-state index contributed by atoms with van der Waals surface area (Å²) in [5.41, 5.74) is 1.10. The number of guanidine groups is 1. The predicted molar refractivity (Wildman–Crippen MR) is 82.8 cm³/mol. The smallest absolute Gasteiger partial charge is 0.191 e. The van der Waals surface area contributed by atoms with Crippen molar-refractivity contribution in [3.8, 4) is 11.5 Å². The molecule has 0 aliphatic heterocycles. The predicted octanol–water partition coefficient (Wildman–Crippen LogP) is 1.60. The fraction of sp³-hybridized carbons (Fsp3) is 0.400. The average Bonchev–Trinajstić information content (AvgIpc) is 2.50. The van der Waals surface area contributed by atoms with Gasteiger partial charge in [0.05, 0.1) is 14.2 Å². The first-order valence-electron chi connectivity index (χ1n) is 6.51. The molecule has 20 heavy (non-hydrogen) atoms. The molecule has 110 valence electrons. The summed E-state index contributed by atoms with van der Waals surface area (Å²) >= 11 is 0. The Morgan fingerprint density at radius 2 is 2.10 bits per heavy atom. The zero-order chi connectivity index (χ0) is 14.8. The minimum absolute atomic E-state index is 0.683. The minimum Gasteiger partial charge on any atom is -0.497 e. The van der Waals surface area contributed by atoms with Crippen molar-refractivity contribution in [1.82, 2.24) is 10.6 Å². The van der Waals surface area contributed by atoms with Crippen LogP contribution in [-0.2, 0) is 6.42 Å². The Kier molecular flexibility index (Phi) is 7.03. The number of rotatable bonds is 7. The molecule has 0 bridgehead atoms. The van der Waals surface area contributed by atoms with Crippen molar-refractivity contribution in [1.29, 1.82) is 0 Å². The van der Waals surface area contributed by atoms with Crippen molar-refractivity contribution in [2.75, 3.05) is 34.4 Å². The van der Waals surface area contributed by atoms with Crippen LogP contribution in [-0.4, -0.2) is 40.3 Å². The van der Waals surface area contributed by atoms with Gasteiger partial charge in [0.2, 0.25) is 0 Å². The second-order valence-corrected chi connectivity index (χ2v) is 4.10. The van der Waals surface area contributed by atoms with Crippen LogP contribution < -0.4 is 20.1 Å². The van der Waals surface area contributed by atoms with E-state index < -0.39 is 0 Å². The van der Waals surface area contributed by atoms with Crippen LogP contribution in [0, 0.1) is 0 Å². The summed E-state index contributed by atoms with van der Waals surface area (Å²) in [5.74, 6) is 2.45. The summed E-state index contributed by atoms with van der Waals surface area (Å²) in [7, 11) is 5.07. The second-order valence-electron chi connectivity index (χ2n) is 4.10. The van der Waals surface area contributed by atoms with E-state index in [4.69, 9.17) is 9.47 Å². The molecule has 0 aliphatic carbocycles. The van der Waals surface area contributed by atoms with E-state index in [0.29, 0.717) is 6.54 Å². The maximum absolute atomic E-state index is 5.35. The third kappa shape index (κ3) is 4.84. The standard InChI is InChI=1S/C15H23N3O2/c1-5-9-17-15(16-2)18-10-8-12-11-13(19-3)6-7-14(12)20-4/h5-7,11H,1,8-10H2,2-4H3,(H2,16,17,18). The molecule has 1 aromatic rings. The molecule has 0 saturated heterocycles. The molecule has 5 nitrogen and oxygen atoms in total. The Labute approximate surface area is 120 Å². The molecule has 0 saturated carbocycles. The van der Waals surface area contributed by atoms with Gasteiger partial charge in [-0.1, -0.05) is 6.08 Å². The zero-order valence-corrected chi connectivity index (χ0v) is 12.4. The van der Waals surface area contributed by atoms with Crippen molar-refractivity contribution in [3.05, 3.63) is 36.4 Å². The SMILES string of the molecule is C=CCNC(=NC)NCCc1cc(OC)ccc1OC. The summed E-state index contributed by atoms with van der Waals surface area (Å²) in [6, 6.07) is 5.79. The van der Waals surface area contributed by atoms with Crippen LogP contribution in [0.15, 0.2) is 35.8 Å². The van der Waals surface area contributed by atoms with Crippen LogP contribution >= 0.6 is 0 Å². The fourth-order valence-corrected chi connectivity index (χ4v) is 1.78. The van der Waals surface area contributed by atoms with E-state index in [1.807, 2.05) is 18.2 Å². The van der Waals surface area contributed by atoms with Crippen molar-refractivity contribution in [2.45, 2.75) is 6.42 Å². The number of ether oxygens (including phenoxy) is 2. The topological polar surface area (TPSA) is 54.9 Å². The lowest BCUT2D eigenvalue weighted by molar-refractivity contribution is 0.398. The first kappa shape index (κ1) is 15.9. The molecule has 1 aromatic carbocycles. The van der Waals surface area contributed by atoms with E-state index in [1.165, 1.54) is 0 Å². The van der Waals surface area contributed by atoms with E-state index in [1.54, 1.807) is 27.3 Å². The van der Waals surface area contributed by atoms with Gasteiger partial charge in [-0.2, -0.15) is 0 Å². The van der Waals surface area contributed by atoms with E-state index in [0.717, 1.165) is 36.0 Å². The molecule has 0 radical (unpaired) electrons. The number of aliphatic imine (C=N–C) groups is 1. The quantitative estimate of drug-likeness (QED) is 0.451. The van der Waals surface area contributed by atoms with Crippen LogP contribution in [0.3, 0.4) is 0 Å². The number of methoxy groups -OCH3 is 2. The van der Waals surface area contributed by atoms with Crippen LogP contribution in [0.5, 0.6) is 11.5 Å². The molecule has 1 rings (SSSR count). The summed E-state index contributed by atoms with van der Waals surface area (Å²) in [5, 5.41) is 6.36. The highest BCUT2D eigenvalue weighted by Crippen LogP contribution is 2.23. The third-order valence-corrected chi connectivity index (χ3v) is 2.81. The van der Waals surface area contributed by atoms with Crippen molar-refractivity contribution in [2.24, 2.45) is 4.99 Å². The van der Waals surface area contributed by atoms with Gasteiger partial charge in [-0.3, -0.25) is 4.99 Å². The van der Waals surface area contributed by atoms with Gasteiger partial charge >= 0.3 is 0 Å². The Hall–Kier alpha value is -2.17. The molecular formula is C15H23N3O2. The van der Waals surface area contributed by atoms with Gasteiger partial charge in [0.1, 0.15) is 11.5 Å². The van der Waals surface area contributed by atoms with Gasteiger partial charge in [-0.05, 0) is 30.2 Å². The summed E-state index contributed by atoms with van der Waals surface area (Å²) in [6.45, 7) is 5.09. The number of hydrogen-bond acceptors (Lipinski definition) is 3. The lowest BCUT2D eigenvalue weighted by Crippen LogP contribution is -2.38. The Morgan fingerprint density at radius 1 is 1.30 bits per heavy atom. The highest BCUT2D eigenvalue weighted by Gasteiger charge is 2.05. The highest BCUT2D eigenvalue weighted by atomic mass is 16.5.